The van der Waals surface area contributed by atoms with Crippen LogP contribution in [-0.2, 0) is 6.42 Å². The summed E-state index contributed by atoms with van der Waals surface area (Å²) in [5.74, 6) is 1.40. The smallest absolute Gasteiger partial charge is 0.226 e. The Labute approximate surface area is 122 Å². The maximum Gasteiger partial charge on any atom is 0.226 e. The Morgan fingerprint density at radius 2 is 2.14 bits per heavy atom. The molecule has 0 unspecified atom stereocenters. The summed E-state index contributed by atoms with van der Waals surface area (Å²) in [6.45, 7) is 0.811. The monoisotopic (exact) mass is 283 g/mol. The molecule has 3 aromatic heterocycles. The van der Waals surface area contributed by atoms with Gasteiger partial charge in [-0.3, -0.25) is 4.98 Å². The van der Waals surface area contributed by atoms with E-state index in [0.717, 1.165) is 30.0 Å². The highest BCUT2D eigenvalue weighted by Crippen LogP contribution is 2.21. The minimum Gasteiger partial charge on any atom is -0.357 e. The maximum absolute atomic E-state index is 4.52. The second-order valence-corrected chi connectivity index (χ2v) is 4.71. The maximum atomic E-state index is 4.52. The van der Waals surface area contributed by atoms with Crippen molar-refractivity contribution in [3.05, 3.63) is 36.4 Å². The molecular formula is C14H17N7. The first-order valence-electron chi connectivity index (χ1n) is 6.78. The molecule has 0 spiro atoms. The van der Waals surface area contributed by atoms with E-state index >= 15 is 0 Å². The van der Waals surface area contributed by atoms with Crippen LogP contribution in [0.4, 0.5) is 11.8 Å². The summed E-state index contributed by atoms with van der Waals surface area (Å²) in [4.78, 5) is 22.5. The second-order valence-electron chi connectivity index (χ2n) is 4.71. The zero-order valence-electron chi connectivity index (χ0n) is 12.0. The lowest BCUT2D eigenvalue weighted by Crippen LogP contribution is -2.22. The van der Waals surface area contributed by atoms with Gasteiger partial charge in [0.1, 0.15) is 5.52 Å². The topological polar surface area (TPSA) is 82.6 Å². The van der Waals surface area contributed by atoms with Gasteiger partial charge in [0.25, 0.3) is 0 Å². The van der Waals surface area contributed by atoms with Gasteiger partial charge < -0.3 is 15.2 Å². The largest absolute Gasteiger partial charge is 0.357 e. The minimum absolute atomic E-state index is 0.564. The van der Waals surface area contributed by atoms with Crippen LogP contribution in [0.25, 0.3) is 11.2 Å². The number of nitrogens with one attached hydrogen (secondary N) is 2. The summed E-state index contributed by atoms with van der Waals surface area (Å²) in [7, 11) is 3.80. The van der Waals surface area contributed by atoms with Gasteiger partial charge >= 0.3 is 0 Å². The van der Waals surface area contributed by atoms with Crippen LogP contribution in [0.3, 0.4) is 0 Å². The molecule has 0 amide bonds. The van der Waals surface area contributed by atoms with Crippen molar-refractivity contribution in [2.45, 2.75) is 6.42 Å². The van der Waals surface area contributed by atoms with Crippen molar-refractivity contribution in [3.8, 4) is 0 Å². The first-order chi connectivity index (χ1) is 10.3. The molecule has 108 valence electrons. The third kappa shape index (κ3) is 2.76. The Balaban J connectivity index is 1.83. The van der Waals surface area contributed by atoms with E-state index in [9.17, 15) is 0 Å². The second kappa shape index (κ2) is 5.74. The fraction of sp³-hybridized carbons (Fsp3) is 0.286. The van der Waals surface area contributed by atoms with Gasteiger partial charge in [0.15, 0.2) is 11.5 Å². The van der Waals surface area contributed by atoms with Gasteiger partial charge in [-0.1, -0.05) is 6.07 Å². The van der Waals surface area contributed by atoms with Gasteiger partial charge in [-0.2, -0.15) is 9.97 Å². The van der Waals surface area contributed by atoms with Crippen molar-refractivity contribution in [3.63, 3.8) is 0 Å². The van der Waals surface area contributed by atoms with Crippen LogP contribution in [0.15, 0.2) is 30.7 Å². The van der Waals surface area contributed by atoms with E-state index in [-0.39, 0.29) is 0 Å². The van der Waals surface area contributed by atoms with Gasteiger partial charge in [-0.15, -0.1) is 0 Å². The molecule has 0 bridgehead atoms. The molecule has 3 heterocycles. The van der Waals surface area contributed by atoms with E-state index in [2.05, 4.69) is 35.1 Å². The standard InChI is InChI=1S/C14H17N7/c1-15-14-19-12-11(17-9-18-12)13(20-14)21(2)8-6-10-5-3-4-7-16-10/h3-5,7,9H,6,8H2,1-2H3,(H2,15,17,18,19,20). The first kappa shape index (κ1) is 13.3. The Hall–Kier alpha value is -2.70. The number of hydrogen-bond acceptors (Lipinski definition) is 6. The highest BCUT2D eigenvalue weighted by Gasteiger charge is 2.13. The molecule has 0 atom stereocenters. The van der Waals surface area contributed by atoms with E-state index in [1.807, 2.05) is 31.4 Å². The van der Waals surface area contributed by atoms with Gasteiger partial charge in [-0.25, -0.2) is 4.98 Å². The summed E-state index contributed by atoms with van der Waals surface area (Å²) in [5.41, 5.74) is 2.57. The third-order valence-corrected chi connectivity index (χ3v) is 3.28. The average molecular weight is 283 g/mol. The van der Waals surface area contributed by atoms with Crippen LogP contribution < -0.4 is 10.2 Å². The number of fused-ring (bicyclic) bond motifs is 1. The molecule has 3 rings (SSSR count). The van der Waals surface area contributed by atoms with Crippen molar-refractivity contribution in [1.29, 1.82) is 0 Å². The number of anilines is 2. The molecule has 3 aromatic rings. The first-order valence-corrected chi connectivity index (χ1v) is 6.78. The Kier molecular flexibility index (Phi) is 3.63. The lowest BCUT2D eigenvalue weighted by atomic mass is 10.2. The molecule has 7 heteroatoms. The quantitative estimate of drug-likeness (QED) is 0.738. The number of aromatic nitrogens is 5. The number of hydrogen-bond donors (Lipinski definition) is 2. The fourth-order valence-electron chi connectivity index (χ4n) is 2.14. The molecule has 0 aliphatic rings. The Morgan fingerprint density at radius 1 is 1.24 bits per heavy atom. The van der Waals surface area contributed by atoms with Crippen molar-refractivity contribution in [1.82, 2.24) is 24.9 Å². The highest BCUT2D eigenvalue weighted by atomic mass is 15.2. The van der Waals surface area contributed by atoms with E-state index in [0.29, 0.717) is 11.6 Å². The van der Waals surface area contributed by atoms with Crippen molar-refractivity contribution in [2.75, 3.05) is 30.9 Å². The summed E-state index contributed by atoms with van der Waals surface area (Å²) in [6, 6.07) is 5.95. The van der Waals surface area contributed by atoms with Crippen molar-refractivity contribution < 1.29 is 0 Å². The van der Waals surface area contributed by atoms with Gasteiger partial charge in [-0.05, 0) is 12.1 Å². The zero-order valence-corrected chi connectivity index (χ0v) is 12.0. The lowest BCUT2D eigenvalue weighted by molar-refractivity contribution is 0.840. The number of H-pyrrole nitrogens is 1. The molecule has 0 saturated carbocycles. The van der Waals surface area contributed by atoms with Crippen LogP contribution in [0, 0.1) is 0 Å². The molecule has 0 saturated heterocycles. The van der Waals surface area contributed by atoms with Gasteiger partial charge in [0, 0.05) is 39.0 Å². The molecule has 0 aromatic carbocycles. The molecule has 0 fully saturated rings. The predicted octanol–water partition coefficient (Wildman–Crippen LogP) is 1.47. The van der Waals surface area contributed by atoms with E-state index in [1.54, 1.807) is 13.4 Å². The molecule has 0 aliphatic heterocycles. The van der Waals surface area contributed by atoms with Gasteiger partial charge in [0.2, 0.25) is 5.95 Å². The van der Waals surface area contributed by atoms with Crippen LogP contribution in [0.2, 0.25) is 0 Å². The number of nitrogens with zero attached hydrogens (tertiary/aromatic N) is 5. The van der Waals surface area contributed by atoms with Crippen LogP contribution >= 0.6 is 0 Å². The number of rotatable bonds is 5. The van der Waals surface area contributed by atoms with E-state index < -0.39 is 0 Å². The molecule has 2 N–H and O–H groups in total. The normalized spacial score (nSPS) is 10.8. The number of imidazole rings is 1. The summed E-state index contributed by atoms with van der Waals surface area (Å²) < 4.78 is 0. The van der Waals surface area contributed by atoms with Crippen molar-refractivity contribution in [2.24, 2.45) is 0 Å². The molecular weight excluding hydrogens is 266 g/mol. The number of likely N-dealkylation sites (N-methyl/N-ethyl adjacent to an activating group) is 1. The van der Waals surface area contributed by atoms with E-state index in [1.165, 1.54) is 0 Å². The minimum atomic E-state index is 0.564. The Morgan fingerprint density at radius 3 is 2.90 bits per heavy atom. The van der Waals surface area contributed by atoms with Crippen LogP contribution in [0.1, 0.15) is 5.69 Å². The average Bonchev–Trinajstić information content (AvgIpc) is 3.01. The van der Waals surface area contributed by atoms with Crippen molar-refractivity contribution >= 4 is 22.9 Å². The predicted molar refractivity (Wildman–Crippen MR) is 82.4 cm³/mol. The molecule has 21 heavy (non-hydrogen) atoms. The Bertz CT molecular complexity index is 723. The highest BCUT2D eigenvalue weighted by molar-refractivity contribution is 5.84. The molecule has 0 aliphatic carbocycles. The van der Waals surface area contributed by atoms with Crippen LogP contribution in [-0.4, -0.2) is 45.6 Å². The third-order valence-electron chi connectivity index (χ3n) is 3.28. The van der Waals surface area contributed by atoms with E-state index in [4.69, 9.17) is 0 Å². The summed E-state index contributed by atoms with van der Waals surface area (Å²) >= 11 is 0. The molecule has 0 radical (unpaired) electrons. The summed E-state index contributed by atoms with van der Waals surface area (Å²) in [5, 5.41) is 2.96. The lowest BCUT2D eigenvalue weighted by Gasteiger charge is -2.18. The SMILES string of the molecule is CNc1nc(N(C)CCc2ccccn2)c2[nH]cnc2n1. The number of pyridine rings is 1. The van der Waals surface area contributed by atoms with Gasteiger partial charge in [0.05, 0.1) is 6.33 Å². The summed E-state index contributed by atoms with van der Waals surface area (Å²) in [6.07, 6.45) is 4.30. The number of aromatic amines is 1. The zero-order chi connectivity index (χ0) is 14.7. The van der Waals surface area contributed by atoms with Crippen LogP contribution in [0.5, 0.6) is 0 Å². The fourth-order valence-corrected chi connectivity index (χ4v) is 2.14. The molecule has 7 nitrogen and oxygen atoms in total.